The lowest BCUT2D eigenvalue weighted by Crippen LogP contribution is -2.45. The van der Waals surface area contributed by atoms with E-state index in [0.29, 0.717) is 6.54 Å². The number of nitrogens with two attached hydrogens (primary N) is 1. The zero-order valence-electron chi connectivity index (χ0n) is 12.1. The maximum Gasteiger partial charge on any atom is 0.123 e. The lowest BCUT2D eigenvalue weighted by atomic mass is 9.93. The number of likely N-dealkylation sites (N-methyl/N-ethyl adjacent to an activating group) is 1. The van der Waals surface area contributed by atoms with E-state index in [1.165, 1.54) is 6.07 Å². The van der Waals surface area contributed by atoms with Crippen molar-refractivity contribution in [1.82, 2.24) is 4.90 Å². The summed E-state index contributed by atoms with van der Waals surface area (Å²) in [6.07, 6.45) is 1.02. The van der Waals surface area contributed by atoms with Crippen LogP contribution in [0.2, 0.25) is 0 Å². The van der Waals surface area contributed by atoms with Gasteiger partial charge in [-0.1, -0.05) is 13.0 Å². The van der Waals surface area contributed by atoms with Crippen molar-refractivity contribution in [3.63, 3.8) is 0 Å². The molecule has 0 aromatic heterocycles. The van der Waals surface area contributed by atoms with Crippen molar-refractivity contribution >= 4 is 0 Å². The first-order valence-corrected chi connectivity index (χ1v) is 6.52. The third kappa shape index (κ3) is 3.09. The molecule has 0 heterocycles. The second-order valence-electron chi connectivity index (χ2n) is 5.53. The van der Waals surface area contributed by atoms with Crippen molar-refractivity contribution in [3.8, 4) is 0 Å². The van der Waals surface area contributed by atoms with E-state index in [1.54, 1.807) is 6.07 Å². The molecule has 102 valence electrons. The minimum absolute atomic E-state index is 0.0444. The van der Waals surface area contributed by atoms with Crippen LogP contribution in [0.5, 0.6) is 0 Å². The summed E-state index contributed by atoms with van der Waals surface area (Å²) < 4.78 is 13.4. The fraction of sp³-hybridized carbons (Fsp3) is 0.600. The van der Waals surface area contributed by atoms with Gasteiger partial charge >= 0.3 is 0 Å². The Kier molecular flexibility index (Phi) is 4.88. The molecule has 0 spiro atoms. The van der Waals surface area contributed by atoms with Crippen molar-refractivity contribution < 1.29 is 4.39 Å². The molecule has 0 radical (unpaired) electrons. The third-order valence-corrected chi connectivity index (χ3v) is 4.11. The molecule has 0 bridgehead atoms. The number of rotatable bonds is 5. The standard InChI is InChI=1S/C15H25FN2/c1-6-15(3,4)18(5)14(10-17)13-9-12(16)8-7-11(13)2/h7-9,14H,6,10,17H2,1-5H3. The molecule has 0 saturated carbocycles. The predicted molar refractivity (Wildman–Crippen MR) is 75.1 cm³/mol. The molecular weight excluding hydrogens is 227 g/mol. The summed E-state index contributed by atoms with van der Waals surface area (Å²) in [6.45, 7) is 9.02. The molecule has 0 saturated heterocycles. The summed E-state index contributed by atoms with van der Waals surface area (Å²) in [7, 11) is 2.06. The van der Waals surface area contributed by atoms with Gasteiger partial charge in [0.15, 0.2) is 0 Å². The van der Waals surface area contributed by atoms with E-state index in [9.17, 15) is 4.39 Å². The first-order chi connectivity index (χ1) is 8.33. The largest absolute Gasteiger partial charge is 0.329 e. The Morgan fingerprint density at radius 3 is 2.50 bits per heavy atom. The highest BCUT2D eigenvalue weighted by molar-refractivity contribution is 5.30. The molecular formula is C15H25FN2. The molecule has 0 amide bonds. The van der Waals surface area contributed by atoms with Gasteiger partial charge in [-0.3, -0.25) is 4.90 Å². The number of aryl methyl sites for hydroxylation is 1. The molecule has 1 aromatic carbocycles. The monoisotopic (exact) mass is 252 g/mol. The SMILES string of the molecule is CCC(C)(C)N(C)C(CN)c1cc(F)ccc1C. The minimum Gasteiger partial charge on any atom is -0.329 e. The molecule has 1 rings (SSSR count). The summed E-state index contributed by atoms with van der Waals surface area (Å²) >= 11 is 0. The topological polar surface area (TPSA) is 29.3 Å². The molecule has 18 heavy (non-hydrogen) atoms. The van der Waals surface area contributed by atoms with Crippen LogP contribution < -0.4 is 5.73 Å². The van der Waals surface area contributed by atoms with Crippen molar-refractivity contribution in [3.05, 3.63) is 35.1 Å². The molecule has 0 aliphatic heterocycles. The smallest absolute Gasteiger partial charge is 0.123 e. The highest BCUT2D eigenvalue weighted by Gasteiger charge is 2.29. The zero-order chi connectivity index (χ0) is 13.9. The van der Waals surface area contributed by atoms with Gasteiger partial charge in [-0.05, 0) is 57.5 Å². The number of hydrogen-bond donors (Lipinski definition) is 1. The predicted octanol–water partition coefficient (Wildman–Crippen LogP) is 3.25. The van der Waals surface area contributed by atoms with Gasteiger partial charge in [0.1, 0.15) is 5.82 Å². The Hall–Kier alpha value is -0.930. The Labute approximate surface area is 110 Å². The number of benzene rings is 1. The van der Waals surface area contributed by atoms with E-state index in [2.05, 4.69) is 32.7 Å². The van der Waals surface area contributed by atoms with E-state index in [-0.39, 0.29) is 17.4 Å². The summed E-state index contributed by atoms with van der Waals surface area (Å²) in [4.78, 5) is 2.24. The van der Waals surface area contributed by atoms with Crippen LogP contribution in [0.15, 0.2) is 18.2 Å². The van der Waals surface area contributed by atoms with Gasteiger partial charge in [-0.2, -0.15) is 0 Å². The first-order valence-electron chi connectivity index (χ1n) is 6.52. The minimum atomic E-state index is -0.197. The van der Waals surface area contributed by atoms with Crippen LogP contribution in [-0.4, -0.2) is 24.0 Å². The van der Waals surface area contributed by atoms with Crippen LogP contribution in [-0.2, 0) is 0 Å². The molecule has 0 aliphatic rings. The molecule has 2 nitrogen and oxygen atoms in total. The molecule has 1 atom stereocenters. The maximum atomic E-state index is 13.4. The van der Waals surface area contributed by atoms with Crippen molar-refractivity contribution in [2.45, 2.75) is 45.7 Å². The summed E-state index contributed by atoms with van der Waals surface area (Å²) in [5.74, 6) is -0.197. The average molecular weight is 252 g/mol. The van der Waals surface area contributed by atoms with Gasteiger partial charge in [0.2, 0.25) is 0 Å². The van der Waals surface area contributed by atoms with Crippen LogP contribution in [0.4, 0.5) is 4.39 Å². The third-order valence-electron chi connectivity index (χ3n) is 4.11. The zero-order valence-corrected chi connectivity index (χ0v) is 12.1. The fourth-order valence-electron chi connectivity index (χ4n) is 2.14. The first kappa shape index (κ1) is 15.1. The van der Waals surface area contributed by atoms with Crippen LogP contribution in [0.1, 0.15) is 44.4 Å². The quantitative estimate of drug-likeness (QED) is 0.871. The lowest BCUT2D eigenvalue weighted by Gasteiger charge is -2.41. The second-order valence-corrected chi connectivity index (χ2v) is 5.53. The average Bonchev–Trinajstić information content (AvgIpc) is 2.34. The van der Waals surface area contributed by atoms with E-state index in [4.69, 9.17) is 5.73 Å². The van der Waals surface area contributed by atoms with E-state index in [0.717, 1.165) is 17.5 Å². The van der Waals surface area contributed by atoms with Crippen LogP contribution in [0.25, 0.3) is 0 Å². The van der Waals surface area contributed by atoms with Gasteiger partial charge in [0.25, 0.3) is 0 Å². The highest BCUT2D eigenvalue weighted by atomic mass is 19.1. The molecule has 3 heteroatoms. The highest BCUT2D eigenvalue weighted by Crippen LogP contribution is 2.30. The van der Waals surface area contributed by atoms with E-state index < -0.39 is 0 Å². The lowest BCUT2D eigenvalue weighted by molar-refractivity contribution is 0.1000. The molecule has 0 fully saturated rings. The normalized spacial score (nSPS) is 14.0. The Morgan fingerprint density at radius 1 is 1.39 bits per heavy atom. The van der Waals surface area contributed by atoms with Gasteiger partial charge < -0.3 is 5.73 Å². The maximum absolute atomic E-state index is 13.4. The van der Waals surface area contributed by atoms with E-state index in [1.807, 2.05) is 13.0 Å². The number of hydrogen-bond acceptors (Lipinski definition) is 2. The summed E-state index contributed by atoms with van der Waals surface area (Å²) in [5.41, 5.74) is 8.03. The summed E-state index contributed by atoms with van der Waals surface area (Å²) in [6, 6.07) is 4.97. The molecule has 1 unspecified atom stereocenters. The fourth-order valence-corrected chi connectivity index (χ4v) is 2.14. The second kappa shape index (κ2) is 5.81. The van der Waals surface area contributed by atoms with Crippen LogP contribution in [0.3, 0.4) is 0 Å². The van der Waals surface area contributed by atoms with Gasteiger partial charge in [-0.25, -0.2) is 4.39 Å². The molecule has 1 aromatic rings. The Balaban J connectivity index is 3.13. The van der Waals surface area contributed by atoms with Gasteiger partial charge in [0.05, 0.1) is 0 Å². The van der Waals surface area contributed by atoms with Gasteiger partial charge in [-0.15, -0.1) is 0 Å². The van der Waals surface area contributed by atoms with Gasteiger partial charge in [0, 0.05) is 18.1 Å². The molecule has 2 N–H and O–H groups in total. The van der Waals surface area contributed by atoms with Crippen molar-refractivity contribution in [2.75, 3.05) is 13.6 Å². The summed E-state index contributed by atoms with van der Waals surface area (Å²) in [5, 5.41) is 0. The number of nitrogens with zero attached hydrogens (tertiary/aromatic N) is 1. The Bertz CT molecular complexity index is 401. The van der Waals surface area contributed by atoms with Crippen molar-refractivity contribution in [2.24, 2.45) is 5.73 Å². The number of halogens is 1. The Morgan fingerprint density at radius 2 is 2.00 bits per heavy atom. The van der Waals surface area contributed by atoms with Crippen LogP contribution >= 0.6 is 0 Å². The van der Waals surface area contributed by atoms with Crippen LogP contribution in [0, 0.1) is 12.7 Å². The van der Waals surface area contributed by atoms with Crippen molar-refractivity contribution in [1.29, 1.82) is 0 Å². The molecule has 0 aliphatic carbocycles. The van der Waals surface area contributed by atoms with E-state index >= 15 is 0 Å².